The van der Waals surface area contributed by atoms with E-state index in [1.807, 2.05) is 25.2 Å². The van der Waals surface area contributed by atoms with Crippen LogP contribution in [0.4, 0.5) is 0 Å². The maximum absolute atomic E-state index is 6.13. The van der Waals surface area contributed by atoms with Gasteiger partial charge in [0.2, 0.25) is 0 Å². The fourth-order valence-electron chi connectivity index (χ4n) is 1.30. The Morgan fingerprint density at radius 1 is 1.33 bits per heavy atom. The van der Waals surface area contributed by atoms with Gasteiger partial charge in [0.1, 0.15) is 0 Å². The predicted molar refractivity (Wildman–Crippen MR) is 69.4 cm³/mol. The second-order valence-electron chi connectivity index (χ2n) is 3.35. The molecule has 0 amide bonds. The molecule has 15 heavy (non-hydrogen) atoms. The molecule has 4 heteroatoms. The van der Waals surface area contributed by atoms with Gasteiger partial charge in [-0.25, -0.2) is 0 Å². The van der Waals surface area contributed by atoms with Crippen LogP contribution < -0.4 is 10.6 Å². The van der Waals surface area contributed by atoms with E-state index in [2.05, 4.69) is 26.6 Å². The minimum Gasteiger partial charge on any atom is -0.320 e. The second kappa shape index (κ2) is 7.23. The summed E-state index contributed by atoms with van der Waals surface area (Å²) in [5, 5.41) is 7.28. The van der Waals surface area contributed by atoms with Crippen molar-refractivity contribution in [2.24, 2.45) is 0 Å². The number of hydrogen-bond donors (Lipinski definition) is 2. The van der Waals surface area contributed by atoms with E-state index in [0.29, 0.717) is 0 Å². The molecule has 0 unspecified atom stereocenters. The first-order valence-corrected chi connectivity index (χ1v) is 6.21. The molecule has 1 aromatic carbocycles. The molecule has 0 aliphatic carbocycles. The van der Waals surface area contributed by atoms with Crippen molar-refractivity contribution in [2.75, 3.05) is 20.1 Å². The van der Waals surface area contributed by atoms with Crippen LogP contribution in [-0.2, 0) is 6.54 Å². The summed E-state index contributed by atoms with van der Waals surface area (Å²) in [5.74, 6) is 0. The number of hydrogen-bond acceptors (Lipinski definition) is 2. The zero-order valence-electron chi connectivity index (χ0n) is 8.82. The Hall–Kier alpha value is -0.0900. The van der Waals surface area contributed by atoms with Crippen LogP contribution in [0.15, 0.2) is 22.7 Å². The van der Waals surface area contributed by atoms with Crippen molar-refractivity contribution in [3.8, 4) is 0 Å². The monoisotopic (exact) mass is 290 g/mol. The van der Waals surface area contributed by atoms with Crippen molar-refractivity contribution in [2.45, 2.75) is 13.0 Å². The maximum Gasteiger partial charge on any atom is 0.0592 e. The highest BCUT2D eigenvalue weighted by Crippen LogP contribution is 2.25. The normalized spacial score (nSPS) is 10.6. The summed E-state index contributed by atoms with van der Waals surface area (Å²) in [4.78, 5) is 0. The largest absolute Gasteiger partial charge is 0.320 e. The third kappa shape index (κ3) is 4.51. The Morgan fingerprint density at radius 2 is 2.13 bits per heavy atom. The van der Waals surface area contributed by atoms with Crippen LogP contribution in [0, 0.1) is 0 Å². The number of benzene rings is 1. The Labute approximate surface area is 105 Å². The van der Waals surface area contributed by atoms with E-state index in [0.717, 1.165) is 41.1 Å². The maximum atomic E-state index is 6.13. The molecule has 0 saturated carbocycles. The van der Waals surface area contributed by atoms with Gasteiger partial charge in [0, 0.05) is 11.0 Å². The zero-order valence-corrected chi connectivity index (χ0v) is 11.2. The Bertz CT molecular complexity index is 305. The lowest BCUT2D eigenvalue weighted by Gasteiger charge is -2.07. The van der Waals surface area contributed by atoms with Gasteiger partial charge in [0.25, 0.3) is 0 Å². The summed E-state index contributed by atoms with van der Waals surface area (Å²) in [7, 11) is 1.96. The summed E-state index contributed by atoms with van der Waals surface area (Å²) in [6.45, 7) is 2.87. The van der Waals surface area contributed by atoms with Gasteiger partial charge in [-0.1, -0.05) is 23.7 Å². The highest BCUT2D eigenvalue weighted by Gasteiger charge is 2.02. The molecular formula is C11H16BrClN2. The SMILES string of the molecule is CNCCCNCc1cccc(Br)c1Cl. The molecule has 0 aliphatic heterocycles. The van der Waals surface area contributed by atoms with Crippen molar-refractivity contribution >= 4 is 27.5 Å². The van der Waals surface area contributed by atoms with E-state index in [9.17, 15) is 0 Å². The van der Waals surface area contributed by atoms with Crippen LogP contribution in [-0.4, -0.2) is 20.1 Å². The summed E-state index contributed by atoms with van der Waals surface area (Å²) >= 11 is 9.54. The van der Waals surface area contributed by atoms with E-state index in [1.54, 1.807) is 0 Å². The Kier molecular flexibility index (Phi) is 6.25. The predicted octanol–water partition coefficient (Wildman–Crippen LogP) is 2.80. The molecule has 84 valence electrons. The lowest BCUT2D eigenvalue weighted by Crippen LogP contribution is -2.19. The van der Waals surface area contributed by atoms with Gasteiger partial charge < -0.3 is 10.6 Å². The standard InChI is InChI=1S/C11H16BrClN2/c1-14-6-3-7-15-8-9-4-2-5-10(12)11(9)13/h2,4-5,14-15H,3,6-8H2,1H3. The van der Waals surface area contributed by atoms with E-state index < -0.39 is 0 Å². The first-order chi connectivity index (χ1) is 7.25. The molecule has 0 atom stereocenters. The van der Waals surface area contributed by atoms with Gasteiger partial charge in [-0.05, 0) is 54.1 Å². The van der Waals surface area contributed by atoms with Gasteiger partial charge in [-0.3, -0.25) is 0 Å². The Balaban J connectivity index is 2.34. The molecule has 0 aliphatic rings. The summed E-state index contributed by atoms with van der Waals surface area (Å²) in [6.07, 6.45) is 1.13. The van der Waals surface area contributed by atoms with Gasteiger partial charge in [-0.15, -0.1) is 0 Å². The molecule has 0 saturated heterocycles. The van der Waals surface area contributed by atoms with Crippen molar-refractivity contribution in [3.63, 3.8) is 0 Å². The Morgan fingerprint density at radius 3 is 2.87 bits per heavy atom. The molecule has 0 radical (unpaired) electrons. The highest BCUT2D eigenvalue weighted by atomic mass is 79.9. The third-order valence-corrected chi connectivity index (χ3v) is 3.46. The highest BCUT2D eigenvalue weighted by molar-refractivity contribution is 9.10. The number of rotatable bonds is 6. The van der Waals surface area contributed by atoms with Gasteiger partial charge in [-0.2, -0.15) is 0 Å². The van der Waals surface area contributed by atoms with Crippen molar-refractivity contribution in [3.05, 3.63) is 33.3 Å². The van der Waals surface area contributed by atoms with E-state index in [1.165, 1.54) is 0 Å². The van der Waals surface area contributed by atoms with Crippen LogP contribution in [0.1, 0.15) is 12.0 Å². The summed E-state index contributed by atoms with van der Waals surface area (Å²) < 4.78 is 0.957. The first-order valence-electron chi connectivity index (χ1n) is 5.04. The van der Waals surface area contributed by atoms with Crippen LogP contribution >= 0.6 is 27.5 Å². The zero-order chi connectivity index (χ0) is 11.1. The smallest absolute Gasteiger partial charge is 0.0592 e. The fourth-order valence-corrected chi connectivity index (χ4v) is 1.90. The van der Waals surface area contributed by atoms with Crippen molar-refractivity contribution < 1.29 is 0 Å². The molecule has 1 rings (SSSR count). The minimum absolute atomic E-state index is 0.804. The third-order valence-electron chi connectivity index (χ3n) is 2.13. The van der Waals surface area contributed by atoms with Gasteiger partial charge in [0.05, 0.1) is 5.02 Å². The average Bonchev–Trinajstić information content (AvgIpc) is 2.24. The fraction of sp³-hybridized carbons (Fsp3) is 0.455. The second-order valence-corrected chi connectivity index (χ2v) is 4.58. The van der Waals surface area contributed by atoms with Crippen LogP contribution in [0.25, 0.3) is 0 Å². The molecule has 0 bridgehead atoms. The quantitative estimate of drug-likeness (QED) is 0.788. The van der Waals surface area contributed by atoms with Crippen molar-refractivity contribution in [1.29, 1.82) is 0 Å². The molecule has 0 fully saturated rings. The van der Waals surface area contributed by atoms with Gasteiger partial charge >= 0.3 is 0 Å². The molecule has 0 aromatic heterocycles. The van der Waals surface area contributed by atoms with Crippen LogP contribution in [0.3, 0.4) is 0 Å². The average molecular weight is 292 g/mol. The molecule has 0 spiro atoms. The number of nitrogens with one attached hydrogen (secondary N) is 2. The van der Waals surface area contributed by atoms with Crippen LogP contribution in [0.2, 0.25) is 5.02 Å². The molecule has 2 nitrogen and oxygen atoms in total. The summed E-state index contributed by atoms with van der Waals surface area (Å²) in [5.41, 5.74) is 1.13. The lowest BCUT2D eigenvalue weighted by molar-refractivity contribution is 0.625. The minimum atomic E-state index is 0.804. The molecule has 0 heterocycles. The van der Waals surface area contributed by atoms with Gasteiger partial charge in [0.15, 0.2) is 0 Å². The van der Waals surface area contributed by atoms with Crippen molar-refractivity contribution in [1.82, 2.24) is 10.6 Å². The van der Waals surface area contributed by atoms with Crippen LogP contribution in [0.5, 0.6) is 0 Å². The van der Waals surface area contributed by atoms with E-state index in [4.69, 9.17) is 11.6 Å². The number of halogens is 2. The van der Waals surface area contributed by atoms with E-state index >= 15 is 0 Å². The topological polar surface area (TPSA) is 24.1 Å². The molecule has 2 N–H and O–H groups in total. The molecular weight excluding hydrogens is 275 g/mol. The molecule has 1 aromatic rings. The van der Waals surface area contributed by atoms with E-state index in [-0.39, 0.29) is 0 Å². The lowest BCUT2D eigenvalue weighted by atomic mass is 10.2. The summed E-state index contributed by atoms with van der Waals surface area (Å²) in [6, 6.07) is 5.99. The first kappa shape index (κ1) is 13.0.